The number of ether oxygens (including phenoxy) is 2. The van der Waals surface area contributed by atoms with Crippen LogP contribution in [0.2, 0.25) is 0 Å². The molecule has 58 heavy (non-hydrogen) atoms. The lowest BCUT2D eigenvalue weighted by Crippen LogP contribution is -2.52. The van der Waals surface area contributed by atoms with E-state index < -0.39 is 43.4 Å². The summed E-state index contributed by atoms with van der Waals surface area (Å²) in [5, 5.41) is 44.0. The van der Waals surface area contributed by atoms with Gasteiger partial charge in [-0.3, -0.25) is 4.79 Å². The van der Waals surface area contributed by atoms with Gasteiger partial charge >= 0.3 is 0 Å². The molecule has 344 valence electrons. The molecule has 1 heterocycles. The van der Waals surface area contributed by atoms with Crippen molar-refractivity contribution in [2.24, 2.45) is 0 Å². The Morgan fingerprint density at radius 1 is 0.603 bits per heavy atom. The Morgan fingerprint density at radius 3 is 1.38 bits per heavy atom. The predicted molar refractivity (Wildman–Crippen MR) is 243 cm³/mol. The third-order valence-electron chi connectivity index (χ3n) is 12.2. The molecule has 1 fully saturated rings. The van der Waals surface area contributed by atoms with Gasteiger partial charge in [-0.15, -0.1) is 0 Å². The molecular formula is C50H97NO7. The maximum atomic E-state index is 13.0. The molecular weight excluding hydrogens is 727 g/mol. The van der Waals surface area contributed by atoms with E-state index in [0.29, 0.717) is 6.42 Å². The molecule has 6 atom stereocenters. The first-order valence-electron chi connectivity index (χ1n) is 25.3. The molecule has 0 aromatic heterocycles. The molecule has 5 unspecified atom stereocenters. The number of unbranched alkanes of at least 4 members (excludes halogenated alkanes) is 33. The average Bonchev–Trinajstić information content (AvgIpc) is 3.21. The third-order valence-corrected chi connectivity index (χ3v) is 12.2. The van der Waals surface area contributed by atoms with Crippen LogP contribution in [-0.4, -0.2) is 76.3 Å². The van der Waals surface area contributed by atoms with Gasteiger partial charge < -0.3 is 35.2 Å². The number of aliphatic hydroxyl groups is 4. The summed E-state index contributed by atoms with van der Waals surface area (Å²) in [5.41, 5.74) is 0. The van der Waals surface area contributed by atoms with Crippen molar-refractivity contribution in [1.29, 1.82) is 0 Å². The minimum atomic E-state index is -1.07. The quantitative estimate of drug-likeness (QED) is 0.0306. The number of carbonyl (C=O) groups excluding carboxylic acids is 1. The normalized spacial score (nSPS) is 19.6. The van der Waals surface area contributed by atoms with Gasteiger partial charge in [-0.1, -0.05) is 231 Å². The lowest BCUT2D eigenvalue weighted by Gasteiger charge is -2.37. The summed E-state index contributed by atoms with van der Waals surface area (Å²) in [6.07, 6.45) is 45.0. The number of amides is 1. The van der Waals surface area contributed by atoms with Gasteiger partial charge in [0, 0.05) is 12.8 Å². The van der Waals surface area contributed by atoms with E-state index in [9.17, 15) is 25.2 Å². The number of aliphatic hydroxyl groups excluding tert-OH is 4. The zero-order valence-electron chi connectivity index (χ0n) is 38.2. The second kappa shape index (κ2) is 41.3. The molecule has 1 aliphatic heterocycles. The van der Waals surface area contributed by atoms with E-state index in [1.165, 1.54) is 193 Å². The van der Waals surface area contributed by atoms with Crippen molar-refractivity contribution in [1.82, 2.24) is 5.32 Å². The first-order chi connectivity index (χ1) is 28.4. The number of nitrogens with one attached hydrogen (secondary N) is 1. The largest absolute Gasteiger partial charge is 0.394 e. The Hall–Kier alpha value is -1.03. The molecule has 1 rings (SSSR count). The standard InChI is InChI=1S/C50H97NO7/c1-3-5-7-9-11-13-15-17-18-19-20-21-22-23-24-25-26-28-30-32-34-36-38-40-49(56)51-44(43-57-50-47(55)41-46(54)48(42-52)58-50)45(53)39-37-35-33-31-29-27-16-14-12-10-8-6-4-2/h37,39,44-48,50,52-55H,3-36,38,40-43H2,1-2H3,(H,51,56)/b39-37+/t44-,45?,46?,47?,48?,50?/m0/s1. The van der Waals surface area contributed by atoms with Crippen LogP contribution >= 0.6 is 0 Å². The molecule has 8 heteroatoms. The van der Waals surface area contributed by atoms with E-state index in [1.54, 1.807) is 6.08 Å². The van der Waals surface area contributed by atoms with Crippen LogP contribution in [0.1, 0.15) is 251 Å². The number of allylic oxidation sites excluding steroid dienone is 1. The van der Waals surface area contributed by atoms with E-state index in [2.05, 4.69) is 19.2 Å². The topological polar surface area (TPSA) is 128 Å². The Balaban J connectivity index is 2.20. The predicted octanol–water partition coefficient (Wildman–Crippen LogP) is 12.3. The van der Waals surface area contributed by atoms with Crippen LogP contribution in [0.25, 0.3) is 0 Å². The Bertz CT molecular complexity index is 903. The maximum absolute atomic E-state index is 13.0. The van der Waals surface area contributed by atoms with Crippen molar-refractivity contribution in [3.63, 3.8) is 0 Å². The Labute approximate surface area is 358 Å². The van der Waals surface area contributed by atoms with Crippen molar-refractivity contribution in [3.8, 4) is 0 Å². The minimum absolute atomic E-state index is 0.0217. The van der Waals surface area contributed by atoms with E-state index >= 15 is 0 Å². The summed E-state index contributed by atoms with van der Waals surface area (Å²) in [5.74, 6) is -0.122. The third kappa shape index (κ3) is 32.7. The van der Waals surface area contributed by atoms with Crippen LogP contribution in [0.5, 0.6) is 0 Å². The van der Waals surface area contributed by atoms with Crippen molar-refractivity contribution < 1.29 is 34.7 Å². The van der Waals surface area contributed by atoms with Crippen molar-refractivity contribution >= 4 is 5.91 Å². The van der Waals surface area contributed by atoms with Gasteiger partial charge in [0.2, 0.25) is 5.91 Å². The molecule has 0 radical (unpaired) electrons. The van der Waals surface area contributed by atoms with Gasteiger partial charge in [-0.05, 0) is 19.3 Å². The first-order valence-corrected chi connectivity index (χ1v) is 25.3. The van der Waals surface area contributed by atoms with E-state index in [1.807, 2.05) is 6.08 Å². The van der Waals surface area contributed by atoms with Gasteiger partial charge in [-0.25, -0.2) is 0 Å². The van der Waals surface area contributed by atoms with Crippen LogP contribution in [0.3, 0.4) is 0 Å². The molecule has 0 bridgehead atoms. The summed E-state index contributed by atoms with van der Waals surface area (Å²) in [6.45, 7) is 4.09. The van der Waals surface area contributed by atoms with Crippen molar-refractivity contribution in [2.75, 3.05) is 13.2 Å². The lowest BCUT2D eigenvalue weighted by atomic mass is 10.0. The van der Waals surface area contributed by atoms with Crippen LogP contribution < -0.4 is 5.32 Å². The molecule has 1 aliphatic rings. The van der Waals surface area contributed by atoms with Crippen molar-refractivity contribution in [2.45, 2.75) is 288 Å². The number of carbonyl (C=O) groups is 1. The highest BCUT2D eigenvalue weighted by Crippen LogP contribution is 2.22. The number of hydrogen-bond donors (Lipinski definition) is 5. The molecule has 0 spiro atoms. The summed E-state index contributed by atoms with van der Waals surface area (Å²) in [7, 11) is 0. The summed E-state index contributed by atoms with van der Waals surface area (Å²) < 4.78 is 11.4. The van der Waals surface area contributed by atoms with Crippen LogP contribution in [-0.2, 0) is 14.3 Å². The lowest BCUT2D eigenvalue weighted by molar-refractivity contribution is -0.272. The highest BCUT2D eigenvalue weighted by atomic mass is 16.7. The fourth-order valence-electron chi connectivity index (χ4n) is 8.25. The van der Waals surface area contributed by atoms with Gasteiger partial charge in [0.15, 0.2) is 6.29 Å². The molecule has 8 nitrogen and oxygen atoms in total. The SMILES string of the molecule is CCCCCCCCCCCCC/C=C/C(O)[C@H](COC1OC(CO)C(O)CC1O)NC(=O)CCCCCCCCCCCCCCCCCCCCCCCCC. The molecule has 0 aromatic carbocycles. The summed E-state index contributed by atoms with van der Waals surface area (Å²) >= 11 is 0. The molecule has 0 aromatic rings. The van der Waals surface area contributed by atoms with Gasteiger partial charge in [0.25, 0.3) is 0 Å². The second-order valence-corrected chi connectivity index (χ2v) is 17.9. The van der Waals surface area contributed by atoms with E-state index in [0.717, 1.165) is 32.1 Å². The zero-order valence-corrected chi connectivity index (χ0v) is 38.2. The maximum Gasteiger partial charge on any atom is 0.220 e. The van der Waals surface area contributed by atoms with Gasteiger partial charge in [0.1, 0.15) is 12.2 Å². The smallest absolute Gasteiger partial charge is 0.220 e. The molecule has 5 N–H and O–H groups in total. The summed E-state index contributed by atoms with van der Waals surface area (Å²) in [4.78, 5) is 13.0. The molecule has 1 amide bonds. The van der Waals surface area contributed by atoms with Crippen LogP contribution in [0.15, 0.2) is 12.2 Å². The number of hydrogen-bond acceptors (Lipinski definition) is 7. The monoisotopic (exact) mass is 824 g/mol. The number of rotatable bonds is 43. The average molecular weight is 824 g/mol. The minimum Gasteiger partial charge on any atom is -0.394 e. The highest BCUT2D eigenvalue weighted by molar-refractivity contribution is 5.76. The molecule has 1 saturated heterocycles. The van der Waals surface area contributed by atoms with E-state index in [-0.39, 0.29) is 18.9 Å². The molecule has 0 aliphatic carbocycles. The fraction of sp³-hybridized carbons (Fsp3) is 0.940. The summed E-state index contributed by atoms with van der Waals surface area (Å²) in [6, 6.07) is -0.708. The Kier molecular flexibility index (Phi) is 39.2. The van der Waals surface area contributed by atoms with Gasteiger partial charge in [0.05, 0.1) is 31.5 Å². The highest BCUT2D eigenvalue weighted by Gasteiger charge is 2.37. The van der Waals surface area contributed by atoms with E-state index in [4.69, 9.17) is 9.47 Å². The van der Waals surface area contributed by atoms with Crippen LogP contribution in [0, 0.1) is 0 Å². The first kappa shape index (κ1) is 55.0. The fourth-order valence-corrected chi connectivity index (χ4v) is 8.25. The van der Waals surface area contributed by atoms with Crippen LogP contribution in [0.4, 0.5) is 0 Å². The molecule has 0 saturated carbocycles. The van der Waals surface area contributed by atoms with Gasteiger partial charge in [-0.2, -0.15) is 0 Å². The second-order valence-electron chi connectivity index (χ2n) is 17.9. The Morgan fingerprint density at radius 2 is 0.983 bits per heavy atom. The van der Waals surface area contributed by atoms with Crippen molar-refractivity contribution in [3.05, 3.63) is 12.2 Å². The zero-order chi connectivity index (χ0) is 42.2.